The third-order valence-electron chi connectivity index (χ3n) is 13.4. The first-order valence-electron chi connectivity index (χ1n) is 21.8. The summed E-state index contributed by atoms with van der Waals surface area (Å²) >= 11 is 0. The Labute approximate surface area is 419 Å². The first-order chi connectivity index (χ1) is 35.7. The number of phenols is 15. The van der Waals surface area contributed by atoms with Crippen LogP contribution in [-0.4, -0.2) is 182 Å². The van der Waals surface area contributed by atoms with Crippen molar-refractivity contribution >= 4 is 29.7 Å². The topological polar surface area (TPSA) is 516 Å². The molecule has 2 bridgehead atoms. The molecule has 76 heavy (non-hydrogen) atoms. The van der Waals surface area contributed by atoms with Crippen molar-refractivity contribution in [2.75, 3.05) is 6.61 Å². The Hall–Kier alpha value is -9.55. The Morgan fingerprint density at radius 1 is 0.461 bits per heavy atom. The molecule has 0 aromatic heterocycles. The van der Waals surface area contributed by atoms with Gasteiger partial charge in [-0.2, -0.15) is 0 Å². The minimum absolute atomic E-state index is 0.324. The normalized spacial score (nSPS) is 25.2. The fraction of sp³-hybridized carbons (Fsp3) is 0.255. The molecular weight excluding hydrogens is 1030 g/mol. The van der Waals surface area contributed by atoms with Gasteiger partial charge >= 0.3 is 23.9 Å². The molecule has 5 aromatic rings. The van der Waals surface area contributed by atoms with Crippen LogP contribution in [0.3, 0.4) is 0 Å². The van der Waals surface area contributed by atoms with E-state index in [1.54, 1.807) is 0 Å². The van der Waals surface area contributed by atoms with E-state index in [9.17, 15) is 111 Å². The number of esters is 4. The molecule has 29 nitrogen and oxygen atoms in total. The third kappa shape index (κ3) is 7.71. The van der Waals surface area contributed by atoms with Crippen LogP contribution in [-0.2, 0) is 23.7 Å². The highest BCUT2D eigenvalue weighted by atomic mass is 16.6. The number of aliphatic hydroxyl groups excluding tert-OH is 4. The summed E-state index contributed by atoms with van der Waals surface area (Å²) in [6.45, 7) is -1.53. The number of cyclic esters (lactones) is 2. The number of Topliss-reactive ketones (excluding diaryl/α,β-unsaturated/α-hetero) is 1. The second-order valence-electron chi connectivity index (χ2n) is 17.7. The molecule has 29 heteroatoms. The van der Waals surface area contributed by atoms with Crippen LogP contribution in [0.4, 0.5) is 0 Å². The van der Waals surface area contributed by atoms with Crippen LogP contribution in [0, 0.1) is 5.92 Å². The second kappa shape index (κ2) is 18.1. The molecule has 0 unspecified atom stereocenters. The van der Waals surface area contributed by atoms with E-state index >= 15 is 9.59 Å². The summed E-state index contributed by atoms with van der Waals surface area (Å²) in [6.07, 6.45) is -21.6. The summed E-state index contributed by atoms with van der Waals surface area (Å²) < 4.78 is 28.5. The van der Waals surface area contributed by atoms with Gasteiger partial charge in [0.15, 0.2) is 81.4 Å². The Morgan fingerprint density at radius 2 is 0.934 bits per heavy atom. The molecule has 4 aliphatic heterocycles. The Morgan fingerprint density at radius 3 is 1.49 bits per heavy atom. The van der Waals surface area contributed by atoms with E-state index < -0.39 is 245 Å². The lowest BCUT2D eigenvalue weighted by molar-refractivity contribution is -0.291. The van der Waals surface area contributed by atoms with Crippen LogP contribution in [0.2, 0.25) is 0 Å². The Kier molecular flexibility index (Phi) is 12.3. The molecule has 1 saturated heterocycles. The quantitative estimate of drug-likeness (QED) is 0.0632. The molecule has 0 spiro atoms. The van der Waals surface area contributed by atoms with Gasteiger partial charge in [-0.1, -0.05) is 0 Å². The van der Waals surface area contributed by atoms with Gasteiger partial charge in [0.05, 0.1) is 34.3 Å². The first-order valence-corrected chi connectivity index (χ1v) is 21.8. The van der Waals surface area contributed by atoms with Gasteiger partial charge in [0.25, 0.3) is 0 Å². The minimum Gasteiger partial charge on any atom is -0.504 e. The van der Waals surface area contributed by atoms with Crippen molar-refractivity contribution in [3.8, 4) is 108 Å². The maximum Gasteiger partial charge on any atom is 0.339 e. The fourth-order valence-corrected chi connectivity index (χ4v) is 9.78. The SMILES string of the molecule is O=C(O[C@H]1COC(=O)c2cc(O)c(O)c(O)c2-c2c(cc(O)c(O)c2O)C(=O)O[C@H]1[C@@H]1CC(=O)c2cc(O)c(O)c(O)c2-c2c(O)c(O)c(O)c3c2C(=O)O[C@@H]1[C@H]3[C@@H]1O[C@H](O)[C@H](O)[C@H](O)[C@H]1O)c1cc(O)c(O)c(O)c1. The van der Waals surface area contributed by atoms with Crippen molar-refractivity contribution < 1.29 is 145 Å². The number of carbonyl (C=O) groups is 5. The van der Waals surface area contributed by atoms with Gasteiger partial charge in [0, 0.05) is 45.7 Å². The van der Waals surface area contributed by atoms with Gasteiger partial charge in [-0.05, 0) is 30.3 Å². The highest BCUT2D eigenvalue weighted by Crippen LogP contribution is 2.60. The third-order valence-corrected chi connectivity index (χ3v) is 13.4. The van der Waals surface area contributed by atoms with Gasteiger partial charge in [-0.25, -0.2) is 19.2 Å². The van der Waals surface area contributed by atoms with Crippen molar-refractivity contribution in [2.45, 2.75) is 61.4 Å². The average molecular weight is 1070 g/mol. The van der Waals surface area contributed by atoms with Crippen LogP contribution in [0.15, 0.2) is 30.3 Å². The smallest absolute Gasteiger partial charge is 0.339 e. The van der Waals surface area contributed by atoms with E-state index in [1.165, 1.54) is 0 Å². The Balaban J connectivity index is 1.38. The van der Waals surface area contributed by atoms with Gasteiger partial charge in [-0.15, -0.1) is 0 Å². The number of phenolic OH excluding ortho intramolecular Hbond substituents is 15. The van der Waals surface area contributed by atoms with Crippen LogP contribution >= 0.6 is 0 Å². The molecule has 0 saturated carbocycles. The molecule has 400 valence electrons. The lowest BCUT2D eigenvalue weighted by Crippen LogP contribution is -2.62. The number of benzene rings is 5. The van der Waals surface area contributed by atoms with Crippen LogP contribution in [0.25, 0.3) is 22.3 Å². The van der Waals surface area contributed by atoms with E-state index in [2.05, 4.69) is 0 Å². The highest BCUT2D eigenvalue weighted by Gasteiger charge is 2.59. The number of rotatable bonds is 4. The second-order valence-corrected chi connectivity index (χ2v) is 17.7. The maximum atomic E-state index is 15.1. The maximum absolute atomic E-state index is 15.1. The van der Waals surface area contributed by atoms with Gasteiger partial charge in [-0.3, -0.25) is 4.79 Å². The summed E-state index contributed by atoms with van der Waals surface area (Å²) in [7, 11) is 0. The van der Waals surface area contributed by atoms with Crippen LogP contribution < -0.4 is 0 Å². The lowest BCUT2D eigenvalue weighted by atomic mass is 9.69. The molecular formula is C47H38O29. The van der Waals surface area contributed by atoms with Crippen molar-refractivity contribution in [1.82, 2.24) is 0 Å². The molecule has 5 aromatic carbocycles. The minimum atomic E-state index is -2.74. The monoisotopic (exact) mass is 1070 g/mol. The number of aromatic hydroxyl groups is 15. The summed E-state index contributed by atoms with van der Waals surface area (Å²) in [5, 5.41) is 208. The van der Waals surface area contributed by atoms with Gasteiger partial charge in [0.1, 0.15) is 37.1 Å². The zero-order chi connectivity index (χ0) is 55.6. The first kappa shape index (κ1) is 51.4. The summed E-state index contributed by atoms with van der Waals surface area (Å²) in [5.41, 5.74) is -11.1. The Bertz CT molecular complexity index is 3360. The molecule has 4 aliphatic rings. The molecule has 19 N–H and O–H groups in total. The molecule has 0 radical (unpaired) electrons. The van der Waals surface area contributed by atoms with E-state index in [1.807, 2.05) is 0 Å². The zero-order valence-corrected chi connectivity index (χ0v) is 37.7. The number of aliphatic hydroxyl groups is 4. The van der Waals surface area contributed by atoms with Gasteiger partial charge in [0.2, 0.25) is 23.0 Å². The molecule has 10 atom stereocenters. The van der Waals surface area contributed by atoms with Crippen molar-refractivity contribution in [1.29, 1.82) is 0 Å². The highest BCUT2D eigenvalue weighted by molar-refractivity contribution is 6.12. The number of fused-ring (bicyclic) bond motifs is 7. The van der Waals surface area contributed by atoms with E-state index in [4.69, 9.17) is 23.7 Å². The molecule has 0 amide bonds. The number of hydrogen-bond donors (Lipinski definition) is 19. The largest absolute Gasteiger partial charge is 0.504 e. The fourth-order valence-electron chi connectivity index (χ4n) is 9.78. The van der Waals surface area contributed by atoms with Crippen molar-refractivity contribution in [3.05, 3.63) is 63.7 Å². The summed E-state index contributed by atoms with van der Waals surface area (Å²) in [6, 6.07) is 2.18. The summed E-state index contributed by atoms with van der Waals surface area (Å²) in [5.74, 6) is -34.6. The predicted molar refractivity (Wildman–Crippen MR) is 237 cm³/mol. The van der Waals surface area contributed by atoms with Crippen LogP contribution in [0.5, 0.6) is 86.2 Å². The number of carbonyl (C=O) groups excluding carboxylic acids is 5. The standard InChI is InChI=1S/C47H38O29/c48-13-6-12(41-26(42-38(65)37(64)39(66)47(71)76-42)24-25(46(70)75-41)23(34(61)36(63)35(24)62)20-9(13)3-16(51)28(55)31(20)58)40-19(73-43(67)8-1-14(49)27(54)15(50)2-8)7-72-44(68)10-4-17(52)29(56)32(59)21(10)22-11(45(69)74-40)5-18(53)30(57)33(22)60/h1-5,12,19,26,37-42,47,49-66,71H,6-7H2/t12-,19-,26-,37+,38+,39+,40-,41-,42-,47-/m0/s1. The van der Waals surface area contributed by atoms with Crippen molar-refractivity contribution in [3.63, 3.8) is 0 Å². The van der Waals surface area contributed by atoms with E-state index in [0.717, 1.165) is 0 Å². The molecule has 9 rings (SSSR count). The average Bonchev–Trinajstić information content (AvgIpc) is 3.43. The lowest BCUT2D eigenvalue weighted by Gasteiger charge is -2.48. The van der Waals surface area contributed by atoms with Crippen molar-refractivity contribution in [2.24, 2.45) is 5.92 Å². The predicted octanol–water partition coefficient (Wildman–Crippen LogP) is -0.149. The van der Waals surface area contributed by atoms with E-state index in [-0.39, 0.29) is 0 Å². The molecule has 4 heterocycles. The zero-order valence-electron chi connectivity index (χ0n) is 37.7. The van der Waals surface area contributed by atoms with Gasteiger partial charge < -0.3 is 121 Å². The molecule has 0 aliphatic carbocycles. The molecule has 1 fully saturated rings. The van der Waals surface area contributed by atoms with E-state index in [0.29, 0.717) is 30.3 Å². The van der Waals surface area contributed by atoms with Crippen LogP contribution in [0.1, 0.15) is 69.7 Å². The summed E-state index contributed by atoms with van der Waals surface area (Å²) in [4.78, 5) is 73.4. The number of ketones is 1. The number of ether oxygens (including phenoxy) is 5. The number of hydrogen-bond acceptors (Lipinski definition) is 29.